The van der Waals surface area contributed by atoms with Gasteiger partial charge in [-0.25, -0.2) is 8.42 Å². The lowest BCUT2D eigenvalue weighted by molar-refractivity contribution is 0.0957. The van der Waals surface area contributed by atoms with E-state index in [1.807, 2.05) is 31.2 Å². The van der Waals surface area contributed by atoms with E-state index in [9.17, 15) is 13.2 Å². The van der Waals surface area contributed by atoms with Gasteiger partial charge < -0.3 is 5.32 Å². The number of amides is 1. The molecule has 3 aromatic rings. The van der Waals surface area contributed by atoms with E-state index >= 15 is 0 Å². The fourth-order valence-corrected chi connectivity index (χ4v) is 4.94. The molecule has 8 heteroatoms. The zero-order valence-corrected chi connectivity index (χ0v) is 19.4. The largest absolute Gasteiger partial charge is 0.351 e. The Hall–Kier alpha value is -2.48. The highest BCUT2D eigenvalue weighted by atomic mass is 35.5. The van der Waals surface area contributed by atoms with Gasteiger partial charge in [0.2, 0.25) is 0 Å². The standard InChI is InChI=1S/C23H23ClN2O3S2/c1-17-9-11-20(12-10-17)31(28,29)26-22-8-3-2-7-21(22)23(27)25-13-14-30-16-18-5-4-6-19(24)15-18/h2-12,15,26H,13-14,16H2,1H3,(H,25,27). The first-order chi connectivity index (χ1) is 14.8. The molecule has 0 spiro atoms. The topological polar surface area (TPSA) is 75.3 Å². The first-order valence-corrected chi connectivity index (χ1v) is 12.7. The minimum Gasteiger partial charge on any atom is -0.351 e. The Kier molecular flexibility index (Phi) is 8.01. The fourth-order valence-electron chi connectivity index (χ4n) is 2.84. The van der Waals surface area contributed by atoms with Crippen LogP contribution in [0, 0.1) is 6.92 Å². The van der Waals surface area contributed by atoms with Crippen molar-refractivity contribution in [1.82, 2.24) is 5.32 Å². The minimum atomic E-state index is -3.79. The van der Waals surface area contributed by atoms with E-state index < -0.39 is 10.0 Å². The molecule has 5 nitrogen and oxygen atoms in total. The van der Waals surface area contributed by atoms with Crippen LogP contribution in [0.5, 0.6) is 0 Å². The van der Waals surface area contributed by atoms with Crippen LogP contribution in [0.25, 0.3) is 0 Å². The van der Waals surface area contributed by atoms with Gasteiger partial charge in [-0.15, -0.1) is 0 Å². The third kappa shape index (κ3) is 6.75. The summed E-state index contributed by atoms with van der Waals surface area (Å²) in [5.74, 6) is 1.18. The van der Waals surface area contributed by atoms with Crippen molar-refractivity contribution in [2.24, 2.45) is 0 Å². The zero-order valence-electron chi connectivity index (χ0n) is 17.0. The number of nitrogens with one attached hydrogen (secondary N) is 2. The quantitative estimate of drug-likeness (QED) is 0.422. The maximum absolute atomic E-state index is 12.7. The number of benzene rings is 3. The van der Waals surface area contributed by atoms with Gasteiger partial charge in [-0.1, -0.05) is 53.6 Å². The van der Waals surface area contributed by atoms with Gasteiger partial charge in [0.15, 0.2) is 0 Å². The predicted molar refractivity (Wildman–Crippen MR) is 128 cm³/mol. The summed E-state index contributed by atoms with van der Waals surface area (Å²) < 4.78 is 27.9. The molecule has 0 aliphatic carbocycles. The van der Waals surface area contributed by atoms with Crippen LogP contribution < -0.4 is 10.0 Å². The maximum Gasteiger partial charge on any atom is 0.261 e. The lowest BCUT2D eigenvalue weighted by Crippen LogP contribution is -2.27. The number of thioether (sulfide) groups is 1. The molecule has 0 bridgehead atoms. The molecule has 31 heavy (non-hydrogen) atoms. The Morgan fingerprint density at radius 2 is 1.74 bits per heavy atom. The highest BCUT2D eigenvalue weighted by molar-refractivity contribution is 7.98. The number of hydrogen-bond donors (Lipinski definition) is 2. The Morgan fingerprint density at radius 3 is 2.48 bits per heavy atom. The molecular weight excluding hydrogens is 452 g/mol. The van der Waals surface area contributed by atoms with E-state index in [1.54, 1.807) is 48.2 Å². The van der Waals surface area contributed by atoms with E-state index in [1.165, 1.54) is 12.1 Å². The number of rotatable bonds is 9. The van der Waals surface area contributed by atoms with E-state index in [-0.39, 0.29) is 22.1 Å². The summed E-state index contributed by atoms with van der Waals surface area (Å²) in [5, 5.41) is 3.55. The first-order valence-electron chi connectivity index (χ1n) is 9.64. The number of carbonyl (C=O) groups is 1. The summed E-state index contributed by atoms with van der Waals surface area (Å²) in [5.41, 5.74) is 2.61. The van der Waals surface area contributed by atoms with Crippen molar-refractivity contribution in [2.45, 2.75) is 17.6 Å². The molecule has 0 fully saturated rings. The third-order valence-electron chi connectivity index (χ3n) is 4.44. The molecule has 0 saturated carbocycles. The monoisotopic (exact) mass is 474 g/mol. The van der Waals surface area contributed by atoms with Gasteiger partial charge in [-0.2, -0.15) is 11.8 Å². The Labute approximate surface area is 192 Å². The molecule has 162 valence electrons. The van der Waals surface area contributed by atoms with Crippen LogP contribution in [-0.4, -0.2) is 26.6 Å². The average molecular weight is 475 g/mol. The number of aryl methyl sites for hydroxylation is 1. The van der Waals surface area contributed by atoms with Crippen molar-refractivity contribution >= 4 is 45.0 Å². The first kappa shape index (κ1) is 23.2. The van der Waals surface area contributed by atoms with Gasteiger partial charge in [0.05, 0.1) is 16.1 Å². The molecule has 0 aromatic heterocycles. The van der Waals surface area contributed by atoms with Gasteiger partial charge in [-0.05, 0) is 48.9 Å². The summed E-state index contributed by atoms with van der Waals surface area (Å²) in [4.78, 5) is 12.8. The van der Waals surface area contributed by atoms with Crippen LogP contribution in [0.15, 0.2) is 77.7 Å². The van der Waals surface area contributed by atoms with E-state index in [2.05, 4.69) is 10.0 Å². The highest BCUT2D eigenvalue weighted by Gasteiger charge is 2.18. The minimum absolute atomic E-state index is 0.144. The molecular formula is C23H23ClN2O3S2. The number of halogens is 1. The number of para-hydroxylation sites is 1. The van der Waals surface area contributed by atoms with Gasteiger partial charge in [0, 0.05) is 23.1 Å². The van der Waals surface area contributed by atoms with Crippen LogP contribution in [-0.2, 0) is 15.8 Å². The van der Waals surface area contributed by atoms with Crippen molar-refractivity contribution in [2.75, 3.05) is 17.0 Å². The van der Waals surface area contributed by atoms with Gasteiger partial charge in [0.25, 0.3) is 15.9 Å². The van der Waals surface area contributed by atoms with Crippen LogP contribution >= 0.6 is 23.4 Å². The van der Waals surface area contributed by atoms with Crippen molar-refractivity contribution in [3.63, 3.8) is 0 Å². The number of sulfonamides is 1. The van der Waals surface area contributed by atoms with Crippen molar-refractivity contribution in [3.8, 4) is 0 Å². The van der Waals surface area contributed by atoms with Crippen molar-refractivity contribution in [1.29, 1.82) is 0 Å². The Morgan fingerprint density at radius 1 is 1.00 bits per heavy atom. The second-order valence-corrected chi connectivity index (χ2v) is 10.1. The molecule has 0 heterocycles. The molecule has 0 aliphatic heterocycles. The number of anilines is 1. The number of carbonyl (C=O) groups excluding carboxylic acids is 1. The smallest absolute Gasteiger partial charge is 0.261 e. The second-order valence-electron chi connectivity index (χ2n) is 6.90. The third-order valence-corrected chi connectivity index (χ3v) is 7.08. The summed E-state index contributed by atoms with van der Waals surface area (Å²) in [7, 11) is -3.79. The summed E-state index contributed by atoms with van der Waals surface area (Å²) in [6.45, 7) is 2.35. The molecule has 0 atom stereocenters. The predicted octanol–water partition coefficient (Wildman–Crippen LogP) is 5.11. The normalized spacial score (nSPS) is 11.2. The molecule has 0 unspecified atom stereocenters. The summed E-state index contributed by atoms with van der Waals surface area (Å²) in [6.07, 6.45) is 0. The van der Waals surface area contributed by atoms with Gasteiger partial charge in [-0.3, -0.25) is 9.52 Å². The van der Waals surface area contributed by atoms with Gasteiger partial charge >= 0.3 is 0 Å². The van der Waals surface area contributed by atoms with Crippen LogP contribution in [0.1, 0.15) is 21.5 Å². The summed E-state index contributed by atoms with van der Waals surface area (Å²) >= 11 is 7.67. The molecule has 3 rings (SSSR count). The lowest BCUT2D eigenvalue weighted by atomic mass is 10.2. The SMILES string of the molecule is Cc1ccc(S(=O)(=O)Nc2ccccc2C(=O)NCCSCc2cccc(Cl)c2)cc1. The molecule has 3 aromatic carbocycles. The molecule has 0 saturated heterocycles. The second kappa shape index (κ2) is 10.7. The lowest BCUT2D eigenvalue weighted by Gasteiger charge is -2.13. The molecule has 0 aliphatic rings. The average Bonchev–Trinajstić information content (AvgIpc) is 2.74. The Balaban J connectivity index is 1.57. The molecule has 0 radical (unpaired) electrons. The van der Waals surface area contributed by atoms with Crippen molar-refractivity contribution < 1.29 is 13.2 Å². The zero-order chi connectivity index (χ0) is 22.3. The highest BCUT2D eigenvalue weighted by Crippen LogP contribution is 2.21. The van der Waals surface area contributed by atoms with Crippen LogP contribution in [0.4, 0.5) is 5.69 Å². The molecule has 1 amide bonds. The fraction of sp³-hybridized carbons (Fsp3) is 0.174. The van der Waals surface area contributed by atoms with E-state index in [4.69, 9.17) is 11.6 Å². The van der Waals surface area contributed by atoms with Crippen LogP contribution in [0.3, 0.4) is 0 Å². The van der Waals surface area contributed by atoms with Gasteiger partial charge in [0.1, 0.15) is 0 Å². The summed E-state index contributed by atoms with van der Waals surface area (Å²) in [6, 6.07) is 20.8. The Bertz CT molecular complexity index is 1150. The van der Waals surface area contributed by atoms with Crippen LogP contribution in [0.2, 0.25) is 5.02 Å². The van der Waals surface area contributed by atoms with E-state index in [0.29, 0.717) is 11.6 Å². The maximum atomic E-state index is 12.7. The van der Waals surface area contributed by atoms with Crippen molar-refractivity contribution in [3.05, 3.63) is 94.5 Å². The number of hydrogen-bond acceptors (Lipinski definition) is 4. The molecule has 2 N–H and O–H groups in total. The van der Waals surface area contributed by atoms with E-state index in [0.717, 1.165) is 22.6 Å².